The molecule has 10 heteroatoms. The van der Waals surface area contributed by atoms with Crippen LogP contribution >= 0.6 is 11.8 Å². The Balaban J connectivity index is 1.36. The number of ether oxygens (including phenoxy) is 1. The first-order valence-corrected chi connectivity index (χ1v) is 11.4. The van der Waals surface area contributed by atoms with Crippen LogP contribution in [-0.2, 0) is 4.79 Å². The minimum absolute atomic E-state index is 0.144. The van der Waals surface area contributed by atoms with Crippen molar-refractivity contribution in [2.75, 3.05) is 12.9 Å². The van der Waals surface area contributed by atoms with Gasteiger partial charge in [-0.25, -0.2) is 14.5 Å². The summed E-state index contributed by atoms with van der Waals surface area (Å²) in [6, 6.07) is 13.0. The van der Waals surface area contributed by atoms with E-state index in [1.54, 1.807) is 17.9 Å². The average molecular weight is 463 g/mol. The fourth-order valence-corrected chi connectivity index (χ4v) is 4.47. The van der Waals surface area contributed by atoms with E-state index >= 15 is 0 Å². The van der Waals surface area contributed by atoms with Crippen LogP contribution in [-0.4, -0.2) is 49.1 Å². The summed E-state index contributed by atoms with van der Waals surface area (Å²) in [6.45, 7) is 3.86. The molecule has 5 rings (SSSR count). The molecular weight excluding hydrogens is 440 g/mol. The Bertz CT molecular complexity index is 1330. The number of aryl methyl sites for hydroxylation is 2. The molecule has 0 N–H and O–H groups in total. The van der Waals surface area contributed by atoms with Crippen molar-refractivity contribution in [2.24, 2.45) is 5.10 Å². The van der Waals surface area contributed by atoms with Crippen LogP contribution in [0.4, 0.5) is 0 Å². The third-order valence-electron chi connectivity index (χ3n) is 5.38. The number of nitrogens with zero attached hydrogens (tertiary/aromatic N) is 6. The molecule has 168 valence electrons. The van der Waals surface area contributed by atoms with E-state index in [9.17, 15) is 4.79 Å². The Morgan fingerprint density at radius 3 is 2.76 bits per heavy atom. The summed E-state index contributed by atoms with van der Waals surface area (Å²) in [4.78, 5) is 22.0. The minimum Gasteiger partial charge on any atom is -0.497 e. The molecule has 1 aromatic carbocycles. The predicted octanol–water partition coefficient (Wildman–Crippen LogP) is 3.81. The molecule has 4 heterocycles. The molecule has 0 radical (unpaired) electrons. The van der Waals surface area contributed by atoms with Gasteiger partial charge in [-0.3, -0.25) is 4.79 Å². The number of carbonyl (C=O) groups is 1. The summed E-state index contributed by atoms with van der Waals surface area (Å²) < 4.78 is 12.5. The average Bonchev–Trinajstić information content (AvgIpc) is 3.56. The van der Waals surface area contributed by atoms with E-state index < -0.39 is 0 Å². The molecule has 0 aliphatic carbocycles. The first-order chi connectivity index (χ1) is 16.0. The number of aromatic nitrogens is 4. The Hall–Kier alpha value is -3.66. The largest absolute Gasteiger partial charge is 0.497 e. The van der Waals surface area contributed by atoms with Gasteiger partial charge in [-0.15, -0.1) is 5.10 Å². The van der Waals surface area contributed by atoms with Crippen molar-refractivity contribution in [1.82, 2.24) is 24.6 Å². The maximum Gasteiger partial charge on any atom is 0.253 e. The first kappa shape index (κ1) is 21.2. The lowest BCUT2D eigenvalue weighted by Gasteiger charge is -2.19. The molecule has 33 heavy (non-hydrogen) atoms. The topological polar surface area (TPSA) is 98.1 Å². The number of hydrazone groups is 1. The quantitative estimate of drug-likeness (QED) is 0.402. The Kier molecular flexibility index (Phi) is 5.59. The molecule has 1 aliphatic rings. The van der Waals surface area contributed by atoms with Crippen molar-refractivity contribution < 1.29 is 13.9 Å². The van der Waals surface area contributed by atoms with Crippen molar-refractivity contribution in [3.8, 4) is 5.75 Å². The standard InChI is InChI=1S/C23H22N6O3S/c1-14-11-15(2)28-22(24-14)25-23(27-28)33-13-21(30)29-19(20-5-4-10-32-20)12-18(26-29)16-6-8-17(31-3)9-7-16/h4-11,19H,12-13H2,1-3H3. The molecule has 0 saturated heterocycles. The van der Waals surface area contributed by atoms with E-state index in [2.05, 4.69) is 20.2 Å². The van der Waals surface area contributed by atoms with Crippen LogP contribution in [0.5, 0.6) is 5.75 Å². The summed E-state index contributed by atoms with van der Waals surface area (Å²) in [5.74, 6) is 1.98. The van der Waals surface area contributed by atoms with Crippen molar-refractivity contribution >= 4 is 29.2 Å². The van der Waals surface area contributed by atoms with Gasteiger partial charge in [0.2, 0.25) is 5.16 Å². The number of furan rings is 1. The van der Waals surface area contributed by atoms with E-state index in [0.29, 0.717) is 23.1 Å². The highest BCUT2D eigenvalue weighted by atomic mass is 32.2. The highest BCUT2D eigenvalue weighted by Gasteiger charge is 2.35. The third kappa shape index (κ3) is 4.21. The molecule has 0 spiro atoms. The van der Waals surface area contributed by atoms with Crippen molar-refractivity contribution in [3.63, 3.8) is 0 Å². The second-order valence-electron chi connectivity index (χ2n) is 7.68. The highest BCUT2D eigenvalue weighted by molar-refractivity contribution is 7.99. The molecule has 4 aromatic rings. The molecule has 1 amide bonds. The summed E-state index contributed by atoms with van der Waals surface area (Å²) >= 11 is 1.27. The number of methoxy groups -OCH3 is 1. The van der Waals surface area contributed by atoms with Gasteiger partial charge in [-0.05, 0) is 61.9 Å². The number of rotatable bonds is 6. The zero-order valence-corrected chi connectivity index (χ0v) is 19.2. The Labute approximate surface area is 194 Å². The number of amides is 1. The normalized spacial score (nSPS) is 15.8. The fourth-order valence-electron chi connectivity index (χ4n) is 3.80. The van der Waals surface area contributed by atoms with Crippen molar-refractivity contribution in [2.45, 2.75) is 31.5 Å². The van der Waals surface area contributed by atoms with Gasteiger partial charge in [-0.1, -0.05) is 11.8 Å². The molecule has 3 aromatic heterocycles. The van der Waals surface area contributed by atoms with Gasteiger partial charge in [0.15, 0.2) is 0 Å². The molecule has 9 nitrogen and oxygen atoms in total. The molecule has 1 unspecified atom stereocenters. The number of thioether (sulfide) groups is 1. The number of benzene rings is 1. The van der Waals surface area contributed by atoms with Crippen LogP contribution in [0.1, 0.15) is 35.2 Å². The van der Waals surface area contributed by atoms with Crippen molar-refractivity contribution in [1.29, 1.82) is 0 Å². The van der Waals surface area contributed by atoms with Crippen molar-refractivity contribution in [3.05, 3.63) is 71.4 Å². The maximum absolute atomic E-state index is 13.2. The summed E-state index contributed by atoms with van der Waals surface area (Å²) in [5.41, 5.74) is 3.57. The number of fused-ring (bicyclic) bond motifs is 1. The summed E-state index contributed by atoms with van der Waals surface area (Å²) in [7, 11) is 1.63. The molecular formula is C23H22N6O3S. The summed E-state index contributed by atoms with van der Waals surface area (Å²) in [5, 5.41) is 11.1. The van der Waals surface area contributed by atoms with E-state index in [-0.39, 0.29) is 17.7 Å². The SMILES string of the molecule is COc1ccc(C2=NN(C(=O)CSc3nc4nc(C)cc(C)n4n3)C(c3ccco3)C2)cc1. The molecule has 0 fully saturated rings. The van der Waals surface area contributed by atoms with Crippen LogP contribution in [0.25, 0.3) is 5.78 Å². The maximum atomic E-state index is 13.2. The predicted molar refractivity (Wildman–Crippen MR) is 123 cm³/mol. The molecule has 0 saturated carbocycles. The van der Waals surface area contributed by atoms with Gasteiger partial charge in [0, 0.05) is 17.8 Å². The molecule has 1 atom stereocenters. The van der Waals surface area contributed by atoms with Crippen LogP contribution in [0, 0.1) is 13.8 Å². The second kappa shape index (κ2) is 8.70. The van der Waals surface area contributed by atoms with E-state index in [1.165, 1.54) is 16.8 Å². The first-order valence-electron chi connectivity index (χ1n) is 10.4. The van der Waals surface area contributed by atoms with Gasteiger partial charge < -0.3 is 9.15 Å². The molecule has 0 bridgehead atoms. The van der Waals surface area contributed by atoms with Gasteiger partial charge >= 0.3 is 0 Å². The Morgan fingerprint density at radius 1 is 1.21 bits per heavy atom. The molecule has 1 aliphatic heterocycles. The van der Waals surface area contributed by atoms with E-state index in [4.69, 9.17) is 9.15 Å². The van der Waals surface area contributed by atoms with Crippen LogP contribution in [0.3, 0.4) is 0 Å². The lowest BCUT2D eigenvalue weighted by Crippen LogP contribution is -2.28. The fraction of sp³-hybridized carbons (Fsp3) is 0.261. The lowest BCUT2D eigenvalue weighted by atomic mass is 10.0. The smallest absolute Gasteiger partial charge is 0.253 e. The van der Waals surface area contributed by atoms with Gasteiger partial charge in [-0.2, -0.15) is 10.1 Å². The van der Waals surface area contributed by atoms with Crippen LogP contribution in [0.15, 0.2) is 63.4 Å². The Morgan fingerprint density at radius 2 is 2.03 bits per heavy atom. The number of hydrogen-bond acceptors (Lipinski definition) is 8. The van der Waals surface area contributed by atoms with E-state index in [1.807, 2.05) is 56.3 Å². The zero-order chi connectivity index (χ0) is 22.9. The monoisotopic (exact) mass is 462 g/mol. The van der Waals surface area contributed by atoms with Crippen LogP contribution < -0.4 is 4.74 Å². The van der Waals surface area contributed by atoms with Gasteiger partial charge in [0.1, 0.15) is 17.6 Å². The third-order valence-corrected chi connectivity index (χ3v) is 6.21. The zero-order valence-electron chi connectivity index (χ0n) is 18.4. The second-order valence-corrected chi connectivity index (χ2v) is 8.63. The minimum atomic E-state index is -0.300. The summed E-state index contributed by atoms with van der Waals surface area (Å²) in [6.07, 6.45) is 2.17. The van der Waals surface area contributed by atoms with E-state index in [0.717, 1.165) is 28.4 Å². The highest BCUT2D eigenvalue weighted by Crippen LogP contribution is 2.34. The number of hydrogen-bond donors (Lipinski definition) is 0. The van der Waals surface area contributed by atoms with Crippen LogP contribution in [0.2, 0.25) is 0 Å². The van der Waals surface area contributed by atoms with Gasteiger partial charge in [0.05, 0.1) is 24.8 Å². The number of carbonyl (C=O) groups excluding carboxylic acids is 1. The lowest BCUT2D eigenvalue weighted by molar-refractivity contribution is -0.130. The van der Waals surface area contributed by atoms with Gasteiger partial charge in [0.25, 0.3) is 11.7 Å².